The number of aromatic nitrogens is 1. The highest BCUT2D eigenvalue weighted by atomic mass is 19.1. The Morgan fingerprint density at radius 1 is 1.27 bits per heavy atom. The number of nitrogens with zero attached hydrogens (tertiary/aromatic N) is 2. The van der Waals surface area contributed by atoms with Crippen LogP contribution in [0.5, 0.6) is 5.75 Å². The van der Waals surface area contributed by atoms with Crippen molar-refractivity contribution in [2.75, 3.05) is 6.61 Å². The molecule has 0 saturated heterocycles. The monoisotopic (exact) mass is 306 g/mol. The Morgan fingerprint density at radius 2 is 2.05 bits per heavy atom. The van der Waals surface area contributed by atoms with E-state index in [1.54, 1.807) is 24.4 Å². The Bertz CT molecular complexity index is 739. The van der Waals surface area contributed by atoms with Gasteiger partial charge in [0.25, 0.3) is 5.91 Å². The lowest BCUT2D eigenvalue weighted by atomic mass is 10.3. The van der Waals surface area contributed by atoms with Crippen LogP contribution in [-0.2, 0) is 0 Å². The van der Waals surface area contributed by atoms with E-state index in [0.717, 1.165) is 12.1 Å². The molecule has 4 nitrogen and oxygen atoms in total. The molecule has 116 valence electrons. The van der Waals surface area contributed by atoms with Crippen molar-refractivity contribution in [2.45, 2.75) is 19.9 Å². The number of hydrogen-bond acceptors (Lipinski definition) is 3. The minimum atomic E-state index is -0.849. The van der Waals surface area contributed by atoms with Crippen molar-refractivity contribution in [1.29, 1.82) is 0 Å². The summed E-state index contributed by atoms with van der Waals surface area (Å²) in [5, 5.41) is 0. The van der Waals surface area contributed by atoms with Gasteiger partial charge in [-0.3, -0.25) is 14.4 Å². The molecule has 1 heterocycles. The van der Waals surface area contributed by atoms with Crippen molar-refractivity contribution < 1.29 is 18.3 Å². The zero-order chi connectivity index (χ0) is 16.1. The number of carbonyl (C=O) groups is 1. The Kier molecular flexibility index (Phi) is 5.04. The maximum absolute atomic E-state index is 13.5. The zero-order valence-electron chi connectivity index (χ0n) is 12.3. The van der Waals surface area contributed by atoms with E-state index in [0.29, 0.717) is 11.6 Å². The third-order valence-corrected chi connectivity index (χ3v) is 2.74. The van der Waals surface area contributed by atoms with Gasteiger partial charge >= 0.3 is 0 Å². The smallest absolute Gasteiger partial charge is 0.270 e. The molecule has 0 radical (unpaired) electrons. The van der Waals surface area contributed by atoms with E-state index in [1.807, 2.05) is 13.8 Å². The first kappa shape index (κ1) is 15.9. The van der Waals surface area contributed by atoms with Crippen LogP contribution in [0.15, 0.2) is 47.6 Å². The van der Waals surface area contributed by atoms with E-state index in [-0.39, 0.29) is 18.4 Å². The minimum Gasteiger partial charge on any atom is -0.481 e. The second-order valence-electron chi connectivity index (χ2n) is 4.91. The van der Waals surface area contributed by atoms with E-state index in [9.17, 15) is 13.6 Å². The van der Waals surface area contributed by atoms with Gasteiger partial charge < -0.3 is 4.74 Å². The molecular weight excluding hydrogens is 290 g/mol. The summed E-state index contributed by atoms with van der Waals surface area (Å²) < 4.78 is 32.7. The van der Waals surface area contributed by atoms with Crippen LogP contribution in [0.4, 0.5) is 8.78 Å². The number of rotatable bonds is 4. The number of hydrogen-bond donors (Lipinski definition) is 0. The molecule has 2 aromatic rings. The van der Waals surface area contributed by atoms with Gasteiger partial charge in [0.2, 0.25) is 0 Å². The zero-order valence-corrected chi connectivity index (χ0v) is 12.3. The fraction of sp³-hybridized carbons (Fsp3) is 0.250. The summed E-state index contributed by atoms with van der Waals surface area (Å²) in [5.74, 6) is -2.12. The average molecular weight is 306 g/mol. The molecule has 6 heteroatoms. The maximum atomic E-state index is 13.5. The molecule has 0 unspecified atom stereocenters. The summed E-state index contributed by atoms with van der Waals surface area (Å²) in [6.45, 7) is 3.41. The quantitative estimate of drug-likeness (QED) is 0.872. The number of carbonyl (C=O) groups excluding carboxylic acids is 1. The molecule has 0 aliphatic carbocycles. The molecular formula is C16H16F2N2O2. The molecule has 2 rings (SSSR count). The van der Waals surface area contributed by atoms with Gasteiger partial charge in [-0.05, 0) is 38.1 Å². The predicted octanol–water partition coefficient (Wildman–Crippen LogP) is 2.79. The van der Waals surface area contributed by atoms with Crippen LogP contribution in [-0.4, -0.2) is 23.1 Å². The molecule has 0 spiro atoms. The highest BCUT2D eigenvalue weighted by Crippen LogP contribution is 2.17. The van der Waals surface area contributed by atoms with Gasteiger partial charge in [0.15, 0.2) is 18.2 Å². The van der Waals surface area contributed by atoms with Gasteiger partial charge in [-0.1, -0.05) is 6.07 Å². The van der Waals surface area contributed by atoms with Crippen LogP contribution in [0.2, 0.25) is 0 Å². The van der Waals surface area contributed by atoms with Crippen molar-refractivity contribution in [3.8, 4) is 5.75 Å². The van der Waals surface area contributed by atoms with E-state index in [1.165, 1.54) is 4.57 Å². The highest BCUT2D eigenvalue weighted by Gasteiger charge is 2.10. The molecule has 0 atom stereocenters. The highest BCUT2D eigenvalue weighted by molar-refractivity contribution is 5.80. The molecule has 0 amide bonds. The Balaban J connectivity index is 2.17. The molecule has 0 bridgehead atoms. The van der Waals surface area contributed by atoms with Crippen LogP contribution in [0.3, 0.4) is 0 Å². The second-order valence-corrected chi connectivity index (χ2v) is 4.91. The van der Waals surface area contributed by atoms with E-state index in [2.05, 4.69) is 4.99 Å². The maximum Gasteiger partial charge on any atom is 0.270 e. The predicted molar refractivity (Wildman–Crippen MR) is 77.6 cm³/mol. The molecule has 0 saturated carbocycles. The summed E-state index contributed by atoms with van der Waals surface area (Å²) in [4.78, 5) is 16.5. The van der Waals surface area contributed by atoms with E-state index < -0.39 is 17.5 Å². The first-order chi connectivity index (χ1) is 10.5. The average Bonchev–Trinajstić information content (AvgIpc) is 2.46. The molecule has 22 heavy (non-hydrogen) atoms. The largest absolute Gasteiger partial charge is 0.481 e. The van der Waals surface area contributed by atoms with Gasteiger partial charge in [0, 0.05) is 18.3 Å². The van der Waals surface area contributed by atoms with E-state index in [4.69, 9.17) is 4.74 Å². The number of pyridine rings is 1. The third kappa shape index (κ3) is 4.00. The Labute approximate surface area is 126 Å². The SMILES string of the molecule is CC(C)N=c1ccccn1C(=O)COc1ccc(F)cc1F. The molecule has 1 aromatic heterocycles. The summed E-state index contributed by atoms with van der Waals surface area (Å²) in [6.07, 6.45) is 1.56. The van der Waals surface area contributed by atoms with Crippen molar-refractivity contribution in [1.82, 2.24) is 4.57 Å². The van der Waals surface area contributed by atoms with Crippen molar-refractivity contribution in [3.05, 3.63) is 59.7 Å². The van der Waals surface area contributed by atoms with Gasteiger partial charge in [-0.15, -0.1) is 0 Å². The number of halogens is 2. The summed E-state index contributed by atoms with van der Waals surface area (Å²) >= 11 is 0. The number of ether oxygens (including phenoxy) is 1. The van der Waals surface area contributed by atoms with Gasteiger partial charge in [-0.2, -0.15) is 0 Å². The molecule has 1 aromatic carbocycles. The molecule has 0 aliphatic rings. The molecule has 0 N–H and O–H groups in total. The summed E-state index contributed by atoms with van der Waals surface area (Å²) in [5.41, 5.74) is 0.491. The van der Waals surface area contributed by atoms with Crippen LogP contribution in [0.25, 0.3) is 0 Å². The van der Waals surface area contributed by atoms with Crippen molar-refractivity contribution in [2.24, 2.45) is 4.99 Å². The fourth-order valence-corrected chi connectivity index (χ4v) is 1.82. The van der Waals surface area contributed by atoms with Crippen LogP contribution < -0.4 is 10.2 Å². The number of benzene rings is 1. The summed E-state index contributed by atoms with van der Waals surface area (Å²) in [7, 11) is 0. The van der Waals surface area contributed by atoms with E-state index >= 15 is 0 Å². The third-order valence-electron chi connectivity index (χ3n) is 2.74. The lowest BCUT2D eigenvalue weighted by Crippen LogP contribution is -2.31. The lowest BCUT2D eigenvalue weighted by Gasteiger charge is -2.09. The Morgan fingerprint density at radius 3 is 2.73 bits per heavy atom. The molecule has 0 fully saturated rings. The fourth-order valence-electron chi connectivity index (χ4n) is 1.82. The second kappa shape index (κ2) is 6.98. The topological polar surface area (TPSA) is 43.6 Å². The van der Waals surface area contributed by atoms with Gasteiger partial charge in [0.05, 0.1) is 0 Å². The molecule has 0 aliphatic heterocycles. The lowest BCUT2D eigenvalue weighted by molar-refractivity contribution is 0.0828. The van der Waals surface area contributed by atoms with Crippen LogP contribution in [0.1, 0.15) is 18.6 Å². The normalized spacial score (nSPS) is 11.8. The van der Waals surface area contributed by atoms with Crippen molar-refractivity contribution in [3.63, 3.8) is 0 Å². The van der Waals surface area contributed by atoms with Gasteiger partial charge in [-0.25, -0.2) is 8.78 Å². The first-order valence-electron chi connectivity index (χ1n) is 6.80. The first-order valence-corrected chi connectivity index (χ1v) is 6.80. The van der Waals surface area contributed by atoms with Gasteiger partial charge in [0.1, 0.15) is 11.3 Å². The minimum absolute atomic E-state index is 0.0249. The Hall–Kier alpha value is -2.50. The van der Waals surface area contributed by atoms with Crippen LogP contribution >= 0.6 is 0 Å². The van der Waals surface area contributed by atoms with Crippen LogP contribution in [0, 0.1) is 11.6 Å². The summed E-state index contributed by atoms with van der Waals surface area (Å²) in [6, 6.07) is 8.11. The van der Waals surface area contributed by atoms with Crippen molar-refractivity contribution >= 4 is 5.91 Å². The standard InChI is InChI=1S/C16H16F2N2O2/c1-11(2)19-15-5-3-4-8-20(15)16(21)10-22-14-7-6-12(17)9-13(14)18/h3-9,11H,10H2,1-2H3.